The van der Waals surface area contributed by atoms with E-state index in [2.05, 4.69) is 0 Å². The number of ketones is 1. The minimum absolute atomic E-state index is 0.0503. The van der Waals surface area contributed by atoms with Gasteiger partial charge in [0.05, 0.1) is 13.2 Å². The van der Waals surface area contributed by atoms with Crippen molar-refractivity contribution in [2.24, 2.45) is 0 Å². The largest absolute Gasteiger partial charge is 0.487 e. The predicted molar refractivity (Wildman–Crippen MR) is 105 cm³/mol. The molecule has 2 aliphatic rings. The molecule has 2 fully saturated rings. The smallest absolute Gasteiger partial charge is 0.262 e. The van der Waals surface area contributed by atoms with Gasteiger partial charge < -0.3 is 18.9 Å². The van der Waals surface area contributed by atoms with Crippen LogP contribution in [0.5, 0.6) is 0 Å². The van der Waals surface area contributed by atoms with Crippen molar-refractivity contribution in [3.05, 3.63) is 83.3 Å². The number of epoxide rings is 2. The van der Waals surface area contributed by atoms with Crippen LogP contribution in [0, 0.1) is 0 Å². The minimum Gasteiger partial charge on any atom is -0.487 e. The Morgan fingerprint density at radius 3 is 1.54 bits per heavy atom. The fourth-order valence-electron chi connectivity index (χ4n) is 2.56. The number of ether oxygens (including phenoxy) is 4. The van der Waals surface area contributed by atoms with Gasteiger partial charge in [-0.2, -0.15) is 0 Å². The molecule has 0 amide bonds. The average Bonchev–Trinajstić information content (AvgIpc) is 3.64. The van der Waals surface area contributed by atoms with Gasteiger partial charge in [-0.15, -0.1) is 0 Å². The first-order chi connectivity index (χ1) is 13.8. The summed E-state index contributed by atoms with van der Waals surface area (Å²) in [5.74, 6) is 0.176. The number of hydrogen-bond acceptors (Lipinski definition) is 5. The zero-order valence-electron chi connectivity index (χ0n) is 15.5. The molecule has 2 aromatic rings. The first kappa shape index (κ1) is 18.5. The summed E-state index contributed by atoms with van der Waals surface area (Å²) >= 11 is 0. The van der Waals surface area contributed by atoms with Crippen molar-refractivity contribution in [3.8, 4) is 0 Å². The zero-order chi connectivity index (χ0) is 19.2. The number of rotatable bonds is 10. The second-order valence-corrected chi connectivity index (χ2v) is 6.70. The van der Waals surface area contributed by atoms with Crippen LogP contribution in [0.15, 0.2) is 72.2 Å². The van der Waals surface area contributed by atoms with E-state index in [9.17, 15) is 4.79 Å². The highest BCUT2D eigenvalue weighted by molar-refractivity contribution is 6.10. The molecular formula is C23H22O5. The maximum atomic E-state index is 13.2. The Morgan fingerprint density at radius 2 is 1.18 bits per heavy atom. The number of carbonyl (C=O) groups is 1. The second kappa shape index (κ2) is 8.87. The molecule has 4 rings (SSSR count). The molecule has 2 atom stereocenters. The summed E-state index contributed by atoms with van der Waals surface area (Å²) in [4.78, 5) is 13.2. The van der Waals surface area contributed by atoms with Crippen LogP contribution in [-0.4, -0.2) is 44.4 Å². The third-order valence-corrected chi connectivity index (χ3v) is 4.30. The van der Waals surface area contributed by atoms with E-state index in [4.69, 9.17) is 18.9 Å². The maximum absolute atomic E-state index is 13.2. The zero-order valence-corrected chi connectivity index (χ0v) is 15.5. The van der Waals surface area contributed by atoms with Crippen molar-refractivity contribution in [2.75, 3.05) is 26.4 Å². The summed E-state index contributed by atoms with van der Waals surface area (Å²) in [6.45, 7) is 2.01. The molecule has 0 spiro atoms. The van der Waals surface area contributed by atoms with Crippen molar-refractivity contribution in [1.82, 2.24) is 0 Å². The number of hydrogen-bond donors (Lipinski definition) is 0. The van der Waals surface area contributed by atoms with E-state index in [0.717, 1.165) is 11.1 Å². The van der Waals surface area contributed by atoms with Crippen LogP contribution in [-0.2, 0) is 23.7 Å². The highest BCUT2D eigenvalue weighted by Gasteiger charge is 2.28. The Hall–Kier alpha value is -2.89. The van der Waals surface area contributed by atoms with E-state index in [0.29, 0.717) is 26.4 Å². The molecular weight excluding hydrogens is 356 g/mol. The number of benzene rings is 2. The van der Waals surface area contributed by atoms with Gasteiger partial charge in [0.1, 0.15) is 25.4 Å². The van der Waals surface area contributed by atoms with E-state index in [1.54, 1.807) is 12.2 Å². The van der Waals surface area contributed by atoms with Crippen LogP contribution in [0.25, 0.3) is 12.2 Å². The molecule has 0 aromatic heterocycles. The van der Waals surface area contributed by atoms with E-state index >= 15 is 0 Å². The maximum Gasteiger partial charge on any atom is 0.262 e. The lowest BCUT2D eigenvalue weighted by Crippen LogP contribution is -2.16. The molecule has 0 aliphatic carbocycles. The average molecular weight is 378 g/mol. The summed E-state index contributed by atoms with van der Waals surface area (Å²) in [6, 6.07) is 19.2. The van der Waals surface area contributed by atoms with Crippen LogP contribution in [0.1, 0.15) is 11.1 Å². The predicted octanol–water partition coefficient (Wildman–Crippen LogP) is 3.47. The Morgan fingerprint density at radius 1 is 0.786 bits per heavy atom. The Labute approximate surface area is 164 Å². The SMILES string of the molecule is O=C(C(=Cc1ccccc1)OCC1CO1)C(=Cc1ccccc1)OCC1CO1. The van der Waals surface area contributed by atoms with Gasteiger partial charge in [0.15, 0.2) is 11.5 Å². The third-order valence-electron chi connectivity index (χ3n) is 4.30. The molecule has 2 heterocycles. The highest BCUT2D eigenvalue weighted by Crippen LogP contribution is 2.21. The van der Waals surface area contributed by atoms with E-state index in [1.165, 1.54) is 0 Å². The molecule has 2 saturated heterocycles. The van der Waals surface area contributed by atoms with Gasteiger partial charge in [0.2, 0.25) is 0 Å². The summed E-state index contributed by atoms with van der Waals surface area (Å²) in [5.41, 5.74) is 1.76. The fraction of sp³-hybridized carbons (Fsp3) is 0.261. The van der Waals surface area contributed by atoms with E-state index < -0.39 is 0 Å². The Bertz CT molecular complexity index is 778. The van der Waals surface area contributed by atoms with Crippen molar-refractivity contribution in [2.45, 2.75) is 12.2 Å². The van der Waals surface area contributed by atoms with Crippen LogP contribution >= 0.6 is 0 Å². The standard InChI is InChI=1S/C23H22O5/c24-23(21(27-15-19-13-25-19)11-17-7-3-1-4-8-17)22(28-16-20-14-26-20)12-18-9-5-2-6-10-18/h1-12,19-20H,13-16H2. The monoisotopic (exact) mass is 378 g/mol. The van der Waals surface area contributed by atoms with Crippen molar-refractivity contribution in [3.63, 3.8) is 0 Å². The lowest BCUT2D eigenvalue weighted by atomic mass is 10.1. The summed E-state index contributed by atoms with van der Waals surface area (Å²) in [6.07, 6.45) is 3.57. The van der Waals surface area contributed by atoms with Gasteiger partial charge in [-0.05, 0) is 23.3 Å². The minimum atomic E-state index is -0.297. The van der Waals surface area contributed by atoms with E-state index in [-0.39, 0.29) is 29.5 Å². The topological polar surface area (TPSA) is 60.6 Å². The van der Waals surface area contributed by atoms with Crippen molar-refractivity contribution >= 4 is 17.9 Å². The van der Waals surface area contributed by atoms with Crippen LogP contribution in [0.4, 0.5) is 0 Å². The molecule has 144 valence electrons. The summed E-state index contributed by atoms with van der Waals surface area (Å²) in [5, 5.41) is 0. The van der Waals surface area contributed by atoms with Gasteiger partial charge in [0, 0.05) is 0 Å². The van der Waals surface area contributed by atoms with Gasteiger partial charge >= 0.3 is 0 Å². The van der Waals surface area contributed by atoms with Gasteiger partial charge in [-0.25, -0.2) is 0 Å². The van der Waals surface area contributed by atoms with Gasteiger partial charge in [-0.1, -0.05) is 60.7 Å². The molecule has 0 N–H and O–H groups in total. The van der Waals surface area contributed by atoms with Crippen LogP contribution < -0.4 is 0 Å². The van der Waals surface area contributed by atoms with Crippen molar-refractivity contribution < 1.29 is 23.7 Å². The molecule has 5 heteroatoms. The summed E-state index contributed by atoms with van der Waals surface area (Å²) in [7, 11) is 0. The third kappa shape index (κ3) is 5.55. The number of carbonyl (C=O) groups excluding carboxylic acids is 1. The van der Waals surface area contributed by atoms with Crippen molar-refractivity contribution in [1.29, 1.82) is 0 Å². The van der Waals surface area contributed by atoms with E-state index in [1.807, 2.05) is 60.7 Å². The lowest BCUT2D eigenvalue weighted by Gasteiger charge is -2.13. The normalized spacial score (nSPS) is 21.1. The van der Waals surface area contributed by atoms with Gasteiger partial charge in [-0.3, -0.25) is 4.79 Å². The second-order valence-electron chi connectivity index (χ2n) is 6.70. The first-order valence-electron chi connectivity index (χ1n) is 9.35. The van der Waals surface area contributed by atoms with Gasteiger partial charge in [0.25, 0.3) is 5.78 Å². The summed E-state index contributed by atoms with van der Waals surface area (Å²) < 4.78 is 22.0. The Balaban J connectivity index is 1.59. The molecule has 5 nitrogen and oxygen atoms in total. The quantitative estimate of drug-likeness (QED) is 0.360. The molecule has 0 bridgehead atoms. The molecule has 0 saturated carbocycles. The highest BCUT2D eigenvalue weighted by atomic mass is 16.6. The van der Waals surface area contributed by atoms with Crippen LogP contribution in [0.3, 0.4) is 0 Å². The lowest BCUT2D eigenvalue weighted by molar-refractivity contribution is -0.118. The Kier molecular flexibility index (Phi) is 5.85. The molecule has 0 radical (unpaired) electrons. The molecule has 2 aromatic carbocycles. The molecule has 2 aliphatic heterocycles. The molecule has 28 heavy (non-hydrogen) atoms. The number of Topliss-reactive ketones (excluding diaryl/α,β-unsaturated/α-hetero) is 1. The van der Waals surface area contributed by atoms with Crippen LogP contribution in [0.2, 0.25) is 0 Å². The first-order valence-corrected chi connectivity index (χ1v) is 9.35. The fourth-order valence-corrected chi connectivity index (χ4v) is 2.56. The molecule has 2 unspecified atom stereocenters.